The molecule has 0 aliphatic carbocycles. The number of aryl methyl sites for hydroxylation is 1. The Morgan fingerprint density at radius 1 is 0.950 bits per heavy atom. The first-order valence-electron chi connectivity index (χ1n) is 12.4. The van der Waals surface area contributed by atoms with Crippen molar-refractivity contribution in [1.82, 2.24) is 14.0 Å². The van der Waals surface area contributed by atoms with Gasteiger partial charge in [-0.2, -0.15) is 5.10 Å². The van der Waals surface area contributed by atoms with E-state index < -0.39 is 0 Å². The lowest BCUT2D eigenvalue weighted by atomic mass is 10.1. The molecule has 0 saturated heterocycles. The Bertz CT molecular complexity index is 1800. The summed E-state index contributed by atoms with van der Waals surface area (Å²) in [5.74, 6) is 2.84. The number of benzene rings is 2. The van der Waals surface area contributed by atoms with E-state index in [9.17, 15) is 4.79 Å². The molecule has 0 radical (unpaired) electrons. The summed E-state index contributed by atoms with van der Waals surface area (Å²) in [6.07, 6.45) is 1.61. The molecule has 0 bridgehead atoms. The zero-order chi connectivity index (χ0) is 28.4. The topological polar surface area (TPSA) is 97.4 Å². The second-order valence-corrected chi connectivity index (χ2v) is 9.68. The fraction of sp³-hybridized carbons (Fsp3) is 0.207. The van der Waals surface area contributed by atoms with Crippen molar-refractivity contribution in [2.45, 2.75) is 13.8 Å². The Labute approximate surface area is 234 Å². The van der Waals surface area contributed by atoms with Gasteiger partial charge in [0.25, 0.3) is 5.56 Å². The van der Waals surface area contributed by atoms with Gasteiger partial charge in [-0.05, 0) is 50.2 Å². The largest absolute Gasteiger partial charge is 0.493 e. The SMILES string of the molecule is COc1cc(-c2csc(=Nc3c(C)n(C)n(-c4ccccc4)c3=O)n2N=Cc2ccc(C)o2)cc(OC)c1OC. The van der Waals surface area contributed by atoms with E-state index in [2.05, 4.69) is 0 Å². The molecule has 0 amide bonds. The van der Waals surface area contributed by atoms with Crippen LogP contribution in [0.15, 0.2) is 79.3 Å². The lowest BCUT2D eigenvalue weighted by Gasteiger charge is -2.14. The predicted molar refractivity (Wildman–Crippen MR) is 155 cm³/mol. The van der Waals surface area contributed by atoms with Crippen LogP contribution in [0.1, 0.15) is 17.2 Å². The lowest BCUT2D eigenvalue weighted by Crippen LogP contribution is -2.19. The van der Waals surface area contributed by atoms with Gasteiger partial charge >= 0.3 is 0 Å². The summed E-state index contributed by atoms with van der Waals surface area (Å²) in [6, 6.07) is 16.8. The van der Waals surface area contributed by atoms with Crippen LogP contribution in [-0.4, -0.2) is 41.6 Å². The molecule has 5 aromatic rings. The fourth-order valence-corrected chi connectivity index (χ4v) is 5.17. The Balaban J connectivity index is 1.73. The first-order valence-corrected chi connectivity index (χ1v) is 13.2. The normalized spacial score (nSPS) is 11.9. The molecular formula is C29H29N5O5S. The highest BCUT2D eigenvalue weighted by Gasteiger charge is 2.19. The molecular weight excluding hydrogens is 530 g/mol. The number of rotatable bonds is 8. The molecule has 2 aromatic carbocycles. The number of hydrogen-bond donors (Lipinski definition) is 0. The van der Waals surface area contributed by atoms with E-state index in [0.29, 0.717) is 44.9 Å². The van der Waals surface area contributed by atoms with Crippen molar-refractivity contribution in [3.63, 3.8) is 0 Å². The van der Waals surface area contributed by atoms with Crippen LogP contribution in [0.5, 0.6) is 17.2 Å². The van der Waals surface area contributed by atoms with Crippen LogP contribution in [0.3, 0.4) is 0 Å². The molecule has 11 heteroatoms. The van der Waals surface area contributed by atoms with Crippen molar-refractivity contribution in [2.24, 2.45) is 17.1 Å². The summed E-state index contributed by atoms with van der Waals surface area (Å²) in [5.41, 5.74) is 3.02. The van der Waals surface area contributed by atoms with Crippen molar-refractivity contribution in [3.8, 4) is 34.2 Å². The van der Waals surface area contributed by atoms with E-state index in [-0.39, 0.29) is 5.56 Å². The maximum absolute atomic E-state index is 13.6. The number of nitrogens with zero attached hydrogens (tertiary/aromatic N) is 5. The van der Waals surface area contributed by atoms with Crippen LogP contribution in [-0.2, 0) is 7.05 Å². The minimum Gasteiger partial charge on any atom is -0.493 e. The van der Waals surface area contributed by atoms with E-state index in [4.69, 9.17) is 28.7 Å². The highest BCUT2D eigenvalue weighted by molar-refractivity contribution is 7.07. The summed E-state index contributed by atoms with van der Waals surface area (Å²) in [7, 11) is 6.53. The number of furan rings is 1. The van der Waals surface area contributed by atoms with E-state index in [1.165, 1.54) is 11.3 Å². The van der Waals surface area contributed by atoms with Crippen molar-refractivity contribution in [1.29, 1.82) is 0 Å². The van der Waals surface area contributed by atoms with Crippen molar-refractivity contribution >= 4 is 23.2 Å². The van der Waals surface area contributed by atoms with Crippen molar-refractivity contribution < 1.29 is 18.6 Å². The first kappa shape index (κ1) is 26.8. The molecule has 0 aliphatic heterocycles. The van der Waals surface area contributed by atoms with Gasteiger partial charge in [0.15, 0.2) is 17.2 Å². The molecule has 0 saturated carbocycles. The van der Waals surface area contributed by atoms with Gasteiger partial charge in [-0.25, -0.2) is 14.4 Å². The molecule has 10 nitrogen and oxygen atoms in total. The number of para-hydroxylation sites is 1. The summed E-state index contributed by atoms with van der Waals surface area (Å²) in [6.45, 7) is 3.74. The molecule has 0 spiro atoms. The van der Waals surface area contributed by atoms with Gasteiger partial charge in [-0.15, -0.1) is 11.3 Å². The molecule has 0 unspecified atom stereocenters. The molecule has 0 fully saturated rings. The van der Waals surface area contributed by atoms with Gasteiger partial charge in [0.2, 0.25) is 10.6 Å². The van der Waals surface area contributed by atoms with E-state index in [1.807, 2.05) is 80.9 Å². The zero-order valence-electron chi connectivity index (χ0n) is 23.0. The summed E-state index contributed by atoms with van der Waals surface area (Å²) < 4.78 is 27.4. The van der Waals surface area contributed by atoms with Crippen LogP contribution in [0.25, 0.3) is 16.9 Å². The molecule has 3 aromatic heterocycles. The number of hydrogen-bond acceptors (Lipinski definition) is 8. The third-order valence-corrected chi connectivity index (χ3v) is 7.25. The highest BCUT2D eigenvalue weighted by atomic mass is 32.1. The van der Waals surface area contributed by atoms with Crippen LogP contribution in [0, 0.1) is 13.8 Å². The Morgan fingerprint density at radius 3 is 2.25 bits per heavy atom. The van der Waals surface area contributed by atoms with Crippen LogP contribution in [0.2, 0.25) is 0 Å². The molecule has 5 rings (SSSR count). The average molecular weight is 560 g/mol. The van der Waals surface area contributed by atoms with Gasteiger partial charge in [0.1, 0.15) is 11.5 Å². The van der Waals surface area contributed by atoms with Crippen molar-refractivity contribution in [3.05, 3.63) is 92.3 Å². The quantitative estimate of drug-likeness (QED) is 0.248. The van der Waals surface area contributed by atoms with Crippen molar-refractivity contribution in [2.75, 3.05) is 21.3 Å². The minimum atomic E-state index is -0.230. The van der Waals surface area contributed by atoms with Gasteiger partial charge in [0, 0.05) is 18.0 Å². The average Bonchev–Trinajstić information content (AvgIpc) is 3.64. The smallest absolute Gasteiger partial charge is 0.297 e. The highest BCUT2D eigenvalue weighted by Crippen LogP contribution is 2.41. The standard InChI is InChI=1S/C29H29N5O5S/c1-18-12-13-22(39-18)16-30-33-23(20-14-24(36-4)27(38-6)25(15-20)37-5)17-40-29(33)31-26-19(2)32(3)34(28(26)35)21-10-8-7-9-11-21/h7-17H,1-6H3. The van der Waals surface area contributed by atoms with E-state index in [1.54, 1.807) is 41.6 Å². The third-order valence-electron chi connectivity index (χ3n) is 6.44. The number of aromatic nitrogens is 3. The molecule has 0 atom stereocenters. The minimum absolute atomic E-state index is 0.230. The predicted octanol–water partition coefficient (Wildman–Crippen LogP) is 5.06. The zero-order valence-corrected chi connectivity index (χ0v) is 23.9. The monoisotopic (exact) mass is 559 g/mol. The van der Waals surface area contributed by atoms with Crippen LogP contribution < -0.4 is 24.6 Å². The fourth-order valence-electron chi connectivity index (χ4n) is 4.33. The first-order chi connectivity index (χ1) is 19.4. The number of methoxy groups -OCH3 is 3. The van der Waals surface area contributed by atoms with Gasteiger partial charge < -0.3 is 18.6 Å². The molecule has 0 N–H and O–H groups in total. The van der Waals surface area contributed by atoms with E-state index in [0.717, 1.165) is 17.0 Å². The van der Waals surface area contributed by atoms with Gasteiger partial charge in [-0.1, -0.05) is 18.2 Å². The summed E-state index contributed by atoms with van der Waals surface area (Å²) in [4.78, 5) is 18.9. The van der Waals surface area contributed by atoms with Crippen LogP contribution in [0.4, 0.5) is 5.69 Å². The summed E-state index contributed by atoms with van der Waals surface area (Å²) >= 11 is 1.35. The second kappa shape index (κ2) is 11.1. The van der Waals surface area contributed by atoms with E-state index >= 15 is 0 Å². The van der Waals surface area contributed by atoms with Gasteiger partial charge in [-0.3, -0.25) is 9.48 Å². The number of thiazole rings is 1. The second-order valence-electron chi connectivity index (χ2n) is 8.84. The number of ether oxygens (including phenoxy) is 3. The Morgan fingerprint density at radius 2 is 1.65 bits per heavy atom. The lowest BCUT2D eigenvalue weighted by molar-refractivity contribution is 0.324. The Kier molecular flexibility index (Phi) is 7.47. The maximum atomic E-state index is 13.6. The maximum Gasteiger partial charge on any atom is 0.297 e. The van der Waals surface area contributed by atoms with Gasteiger partial charge in [0.05, 0.1) is 44.6 Å². The third kappa shape index (κ3) is 4.87. The molecule has 206 valence electrons. The molecule has 0 aliphatic rings. The summed E-state index contributed by atoms with van der Waals surface area (Å²) in [5, 5.41) is 6.62. The Hall–Kier alpha value is -4.77. The molecule has 3 heterocycles. The van der Waals surface area contributed by atoms with Crippen LogP contribution >= 0.6 is 11.3 Å². The molecule has 40 heavy (non-hydrogen) atoms.